The Morgan fingerprint density at radius 3 is 2.60 bits per heavy atom. The molecular weight excluding hydrogens is 326 g/mol. The summed E-state index contributed by atoms with van der Waals surface area (Å²) in [6.07, 6.45) is 5.08. The molecule has 0 aliphatic carbocycles. The Morgan fingerprint density at radius 1 is 1.08 bits per heavy atom. The highest BCUT2D eigenvalue weighted by Gasteiger charge is 2.12. The Hall–Kier alpha value is -3.29. The molecule has 0 fully saturated rings. The van der Waals surface area contributed by atoms with E-state index in [0.29, 0.717) is 11.6 Å². The number of rotatable bonds is 4. The summed E-state index contributed by atoms with van der Waals surface area (Å²) in [5, 5.41) is 12.3. The number of anilines is 2. The third-order valence-corrected chi connectivity index (χ3v) is 3.87. The van der Waals surface area contributed by atoms with Gasteiger partial charge in [0.05, 0.1) is 18.3 Å². The zero-order chi connectivity index (χ0) is 17.4. The second kappa shape index (κ2) is 5.97. The largest absolute Gasteiger partial charge is 0.323 e. The van der Waals surface area contributed by atoms with Crippen LogP contribution in [0.2, 0.25) is 0 Å². The quantitative estimate of drug-likeness (QED) is 0.620. The first-order chi connectivity index (χ1) is 12.1. The van der Waals surface area contributed by atoms with Gasteiger partial charge in [-0.25, -0.2) is 13.8 Å². The van der Waals surface area contributed by atoms with E-state index in [0.717, 1.165) is 10.9 Å². The first-order valence-electron chi connectivity index (χ1n) is 7.61. The lowest BCUT2D eigenvalue weighted by molar-refractivity contribution is 0.537. The Labute approximate surface area is 141 Å². The van der Waals surface area contributed by atoms with Crippen LogP contribution in [0.3, 0.4) is 0 Å². The monoisotopic (exact) mass is 340 g/mol. The summed E-state index contributed by atoms with van der Waals surface area (Å²) in [5.74, 6) is 0.0385. The molecule has 6 nitrogen and oxygen atoms in total. The summed E-state index contributed by atoms with van der Waals surface area (Å²) in [6, 6.07) is 7.40. The molecule has 0 saturated carbocycles. The maximum atomic E-state index is 13.9. The Bertz CT molecular complexity index is 1030. The zero-order valence-electron chi connectivity index (χ0n) is 13.3. The summed E-state index contributed by atoms with van der Waals surface area (Å²) in [6.45, 7) is -0.00491. The first kappa shape index (κ1) is 15.3. The van der Waals surface area contributed by atoms with Gasteiger partial charge in [0.1, 0.15) is 17.5 Å². The fraction of sp³-hybridized carbons (Fsp3) is 0.118. The maximum Gasteiger partial charge on any atom is 0.153 e. The van der Waals surface area contributed by atoms with Gasteiger partial charge in [-0.05, 0) is 12.1 Å². The molecule has 1 N–H and O–H groups in total. The van der Waals surface area contributed by atoms with Crippen molar-refractivity contribution in [2.24, 2.45) is 7.05 Å². The van der Waals surface area contributed by atoms with Gasteiger partial charge in [0, 0.05) is 42.5 Å². The number of benzene rings is 1. The molecule has 0 unspecified atom stereocenters. The van der Waals surface area contributed by atoms with Crippen molar-refractivity contribution in [2.45, 2.75) is 6.54 Å². The van der Waals surface area contributed by atoms with Crippen molar-refractivity contribution in [1.29, 1.82) is 0 Å². The Kier molecular flexibility index (Phi) is 3.64. The van der Waals surface area contributed by atoms with E-state index < -0.39 is 11.6 Å². The van der Waals surface area contributed by atoms with Crippen LogP contribution in [0.4, 0.5) is 20.4 Å². The first-order valence-corrected chi connectivity index (χ1v) is 7.61. The second-order valence-electron chi connectivity index (χ2n) is 5.63. The van der Waals surface area contributed by atoms with E-state index >= 15 is 0 Å². The summed E-state index contributed by atoms with van der Waals surface area (Å²) in [4.78, 5) is 4.31. The second-order valence-corrected chi connectivity index (χ2v) is 5.63. The lowest BCUT2D eigenvalue weighted by atomic mass is 10.2. The van der Waals surface area contributed by atoms with E-state index in [9.17, 15) is 8.78 Å². The third-order valence-electron chi connectivity index (χ3n) is 3.87. The van der Waals surface area contributed by atoms with Crippen molar-refractivity contribution >= 4 is 22.5 Å². The summed E-state index contributed by atoms with van der Waals surface area (Å²) in [7, 11) is 1.82. The van der Waals surface area contributed by atoms with Crippen LogP contribution in [0.15, 0.2) is 48.9 Å². The lowest BCUT2D eigenvalue weighted by Crippen LogP contribution is -2.06. The van der Waals surface area contributed by atoms with E-state index in [1.165, 1.54) is 18.2 Å². The number of nitrogens with one attached hydrogen (secondary N) is 1. The van der Waals surface area contributed by atoms with Gasteiger partial charge in [-0.1, -0.05) is 6.07 Å². The fourth-order valence-corrected chi connectivity index (χ4v) is 2.61. The molecule has 8 heteroatoms. The molecule has 3 aromatic heterocycles. The van der Waals surface area contributed by atoms with Gasteiger partial charge >= 0.3 is 0 Å². The summed E-state index contributed by atoms with van der Waals surface area (Å²) < 4.78 is 31.0. The minimum atomic E-state index is -0.593. The number of aryl methyl sites for hydroxylation is 1. The molecule has 126 valence electrons. The van der Waals surface area contributed by atoms with Crippen molar-refractivity contribution in [3.8, 4) is 0 Å². The number of aromatic nitrogens is 5. The summed E-state index contributed by atoms with van der Waals surface area (Å²) >= 11 is 0. The molecule has 4 aromatic rings. The number of hydrogen-bond donors (Lipinski definition) is 1. The van der Waals surface area contributed by atoms with Crippen LogP contribution < -0.4 is 5.32 Å². The zero-order valence-corrected chi connectivity index (χ0v) is 13.3. The molecule has 0 aliphatic rings. The van der Waals surface area contributed by atoms with Gasteiger partial charge in [0.15, 0.2) is 5.82 Å². The smallest absolute Gasteiger partial charge is 0.153 e. The third kappa shape index (κ3) is 2.93. The molecule has 1 aromatic carbocycles. The van der Waals surface area contributed by atoms with Crippen LogP contribution in [0.1, 0.15) is 5.56 Å². The molecule has 0 amide bonds. The highest BCUT2D eigenvalue weighted by Crippen LogP contribution is 2.21. The van der Waals surface area contributed by atoms with Crippen LogP contribution in [0.5, 0.6) is 0 Å². The predicted molar refractivity (Wildman–Crippen MR) is 89.5 cm³/mol. The van der Waals surface area contributed by atoms with E-state index in [1.807, 2.05) is 19.3 Å². The van der Waals surface area contributed by atoms with Gasteiger partial charge in [-0.15, -0.1) is 0 Å². The van der Waals surface area contributed by atoms with Gasteiger partial charge < -0.3 is 5.32 Å². The number of pyridine rings is 1. The topological polar surface area (TPSA) is 60.6 Å². The molecule has 0 bridgehead atoms. The van der Waals surface area contributed by atoms with E-state index in [1.54, 1.807) is 27.8 Å². The highest BCUT2D eigenvalue weighted by atomic mass is 19.1. The standard InChI is InChI=1S/C17H14F2N6/c1-24-6-5-16(23-24)22-17-7-15-11(8-20-17)9-21-25(15)10-12-13(18)3-2-4-14(12)19/h2-9H,10H2,1H3,(H,20,22,23). The maximum absolute atomic E-state index is 13.9. The van der Waals surface area contributed by atoms with Crippen molar-refractivity contribution in [2.75, 3.05) is 5.32 Å². The summed E-state index contributed by atoms with van der Waals surface area (Å²) in [5.41, 5.74) is 0.694. The normalized spacial score (nSPS) is 11.2. The molecule has 0 spiro atoms. The Balaban J connectivity index is 1.69. The van der Waals surface area contributed by atoms with Crippen molar-refractivity contribution in [1.82, 2.24) is 24.5 Å². The average Bonchev–Trinajstić information content (AvgIpc) is 3.17. The van der Waals surface area contributed by atoms with Gasteiger partial charge in [0.2, 0.25) is 0 Å². The number of halogens is 2. The number of hydrogen-bond acceptors (Lipinski definition) is 4. The van der Waals surface area contributed by atoms with Crippen molar-refractivity contribution in [3.05, 3.63) is 66.1 Å². The van der Waals surface area contributed by atoms with Crippen molar-refractivity contribution < 1.29 is 8.78 Å². The predicted octanol–water partition coefficient (Wildman–Crippen LogP) is 3.23. The SMILES string of the molecule is Cn1ccc(Nc2cc3c(cn2)cnn3Cc2c(F)cccc2F)n1. The molecule has 3 heterocycles. The molecular formula is C17H14F2N6. The van der Waals surface area contributed by atoms with Gasteiger partial charge in [-0.2, -0.15) is 10.2 Å². The van der Waals surface area contributed by atoms with Crippen molar-refractivity contribution in [3.63, 3.8) is 0 Å². The van der Waals surface area contributed by atoms with Crippen LogP contribution in [-0.4, -0.2) is 24.5 Å². The van der Waals surface area contributed by atoms with E-state index in [4.69, 9.17) is 0 Å². The average molecular weight is 340 g/mol. The minimum Gasteiger partial charge on any atom is -0.323 e. The minimum absolute atomic E-state index is 0.00491. The van der Waals surface area contributed by atoms with Crippen LogP contribution in [-0.2, 0) is 13.6 Å². The van der Waals surface area contributed by atoms with Crippen LogP contribution in [0, 0.1) is 11.6 Å². The Morgan fingerprint density at radius 2 is 1.88 bits per heavy atom. The molecule has 0 atom stereocenters. The van der Waals surface area contributed by atoms with E-state index in [2.05, 4.69) is 20.5 Å². The molecule has 0 radical (unpaired) electrons. The van der Waals surface area contributed by atoms with Gasteiger partial charge in [-0.3, -0.25) is 9.36 Å². The molecule has 25 heavy (non-hydrogen) atoms. The molecule has 0 saturated heterocycles. The fourth-order valence-electron chi connectivity index (χ4n) is 2.61. The number of fused-ring (bicyclic) bond motifs is 1. The van der Waals surface area contributed by atoms with Crippen LogP contribution >= 0.6 is 0 Å². The lowest BCUT2D eigenvalue weighted by Gasteiger charge is -2.07. The van der Waals surface area contributed by atoms with Crippen LogP contribution in [0.25, 0.3) is 10.9 Å². The highest BCUT2D eigenvalue weighted by molar-refractivity contribution is 5.80. The van der Waals surface area contributed by atoms with E-state index in [-0.39, 0.29) is 12.1 Å². The number of nitrogens with zero attached hydrogens (tertiary/aromatic N) is 5. The molecule has 0 aliphatic heterocycles. The molecule has 4 rings (SSSR count). The van der Waals surface area contributed by atoms with Gasteiger partial charge in [0.25, 0.3) is 0 Å².